The van der Waals surface area contributed by atoms with Crippen molar-refractivity contribution >= 4 is 36.3 Å². The molecule has 11 nitrogen and oxygen atoms in total. The van der Waals surface area contributed by atoms with Crippen LogP contribution in [0.1, 0.15) is 25.1 Å². The van der Waals surface area contributed by atoms with E-state index in [9.17, 15) is 24.3 Å². The molecule has 35 heavy (non-hydrogen) atoms. The number of aromatic amines is 1. The van der Waals surface area contributed by atoms with Crippen LogP contribution in [0.3, 0.4) is 0 Å². The number of nitrogens with one attached hydrogen (secondary N) is 4. The minimum Gasteiger partial charge on any atom is -0.480 e. The van der Waals surface area contributed by atoms with Crippen molar-refractivity contribution in [3.05, 3.63) is 54.1 Å². The van der Waals surface area contributed by atoms with Crippen LogP contribution in [0.25, 0.3) is 0 Å². The lowest BCUT2D eigenvalue weighted by atomic mass is 10.0. The summed E-state index contributed by atoms with van der Waals surface area (Å²) in [7, 11) is 0. The number of hydrogen-bond acceptors (Lipinski definition) is 7. The first-order chi connectivity index (χ1) is 16.6. The molecule has 3 amide bonds. The van der Waals surface area contributed by atoms with Crippen molar-refractivity contribution in [1.82, 2.24) is 25.9 Å². The molecule has 0 radical (unpaired) electrons. The Morgan fingerprint density at radius 3 is 2.17 bits per heavy atom. The quantitative estimate of drug-likeness (QED) is 0.182. The second kappa shape index (κ2) is 13.5. The number of benzene rings is 1. The number of carbonyl (C=O) groups is 4. The van der Waals surface area contributed by atoms with Gasteiger partial charge < -0.3 is 31.8 Å². The van der Waals surface area contributed by atoms with E-state index >= 15 is 0 Å². The van der Waals surface area contributed by atoms with Gasteiger partial charge in [-0.15, -0.1) is 0 Å². The van der Waals surface area contributed by atoms with Gasteiger partial charge in [0.15, 0.2) is 0 Å². The highest BCUT2D eigenvalue weighted by Crippen LogP contribution is 2.07. The molecule has 2 rings (SSSR count). The number of amides is 3. The number of thiol groups is 1. The number of carboxylic acid groups (broad SMARTS) is 1. The van der Waals surface area contributed by atoms with E-state index < -0.39 is 47.9 Å². The monoisotopic (exact) mass is 504 g/mol. The van der Waals surface area contributed by atoms with E-state index in [1.165, 1.54) is 6.33 Å². The second-order valence-corrected chi connectivity index (χ2v) is 8.82. The van der Waals surface area contributed by atoms with Crippen LogP contribution < -0.4 is 21.7 Å². The first-order valence-electron chi connectivity index (χ1n) is 11.1. The van der Waals surface area contributed by atoms with Crippen LogP contribution in [0, 0.1) is 5.92 Å². The van der Waals surface area contributed by atoms with Gasteiger partial charge in [0.25, 0.3) is 0 Å². The first kappa shape index (κ1) is 27.9. The molecule has 0 aliphatic heterocycles. The van der Waals surface area contributed by atoms with E-state index in [4.69, 9.17) is 5.73 Å². The number of imidazole rings is 1. The standard InChI is InChI=1S/C23H32N6O5S/c1-13(2)19(23(33)34)29-21(31)17(8-14-6-4-3-5-7-14)27-22(32)18(11-35)28-20(30)16(24)9-15-10-25-12-26-15/h3-7,10,12-13,16-19,35H,8-9,11,24H2,1-2H3,(H,25,26)(H,27,32)(H,28,30)(H,29,31)(H,33,34). The highest BCUT2D eigenvalue weighted by Gasteiger charge is 2.31. The third-order valence-electron chi connectivity index (χ3n) is 5.29. The van der Waals surface area contributed by atoms with Crippen molar-refractivity contribution in [1.29, 1.82) is 0 Å². The summed E-state index contributed by atoms with van der Waals surface area (Å²) in [5.74, 6) is -3.45. The summed E-state index contributed by atoms with van der Waals surface area (Å²) in [6.45, 7) is 3.34. The summed E-state index contributed by atoms with van der Waals surface area (Å²) < 4.78 is 0. The molecule has 1 aromatic heterocycles. The number of carboxylic acids is 1. The summed E-state index contributed by atoms with van der Waals surface area (Å²) in [6.07, 6.45) is 3.33. The Kier molecular flexibility index (Phi) is 10.7. The van der Waals surface area contributed by atoms with E-state index in [0.29, 0.717) is 5.69 Å². The Morgan fingerprint density at radius 2 is 1.63 bits per heavy atom. The normalized spacial score (nSPS) is 14.4. The molecule has 0 saturated heterocycles. The maximum absolute atomic E-state index is 13.0. The predicted molar refractivity (Wildman–Crippen MR) is 133 cm³/mol. The fraction of sp³-hybridized carbons (Fsp3) is 0.435. The Hall–Kier alpha value is -3.38. The van der Waals surface area contributed by atoms with Crippen LogP contribution in [0.2, 0.25) is 0 Å². The van der Waals surface area contributed by atoms with Crippen LogP contribution in [0.5, 0.6) is 0 Å². The molecule has 1 aromatic carbocycles. The molecule has 0 aliphatic rings. The molecule has 7 N–H and O–H groups in total. The van der Waals surface area contributed by atoms with Crippen LogP contribution in [0.4, 0.5) is 0 Å². The zero-order valence-corrected chi connectivity index (χ0v) is 20.5. The minimum atomic E-state index is -1.18. The van der Waals surface area contributed by atoms with Gasteiger partial charge in [-0.25, -0.2) is 9.78 Å². The fourth-order valence-corrected chi connectivity index (χ4v) is 3.55. The average Bonchev–Trinajstić information content (AvgIpc) is 3.33. The molecular weight excluding hydrogens is 472 g/mol. The molecule has 0 fully saturated rings. The summed E-state index contributed by atoms with van der Waals surface area (Å²) in [5, 5.41) is 17.1. The number of rotatable bonds is 13. The van der Waals surface area contributed by atoms with Gasteiger partial charge in [-0.1, -0.05) is 44.2 Å². The third-order valence-corrected chi connectivity index (χ3v) is 5.66. The lowest BCUT2D eigenvalue weighted by molar-refractivity contribution is -0.143. The van der Waals surface area contributed by atoms with Crippen molar-refractivity contribution in [3.63, 3.8) is 0 Å². The number of nitrogens with zero attached hydrogens (tertiary/aromatic N) is 1. The van der Waals surface area contributed by atoms with E-state index in [0.717, 1.165) is 5.56 Å². The van der Waals surface area contributed by atoms with Gasteiger partial charge in [-0.3, -0.25) is 14.4 Å². The van der Waals surface area contributed by atoms with E-state index in [1.807, 2.05) is 6.07 Å². The van der Waals surface area contributed by atoms with Crippen LogP contribution >= 0.6 is 12.6 Å². The lowest BCUT2D eigenvalue weighted by Crippen LogP contribution is -2.58. The maximum atomic E-state index is 13.0. The lowest BCUT2D eigenvalue weighted by Gasteiger charge is -2.25. The molecule has 2 aromatic rings. The van der Waals surface area contributed by atoms with Crippen LogP contribution in [0.15, 0.2) is 42.9 Å². The van der Waals surface area contributed by atoms with E-state index in [-0.39, 0.29) is 24.5 Å². The largest absolute Gasteiger partial charge is 0.480 e. The summed E-state index contributed by atoms with van der Waals surface area (Å²) >= 11 is 4.16. The van der Waals surface area contributed by atoms with Crippen molar-refractivity contribution in [2.45, 2.75) is 50.9 Å². The van der Waals surface area contributed by atoms with E-state index in [1.54, 1.807) is 44.3 Å². The molecule has 190 valence electrons. The maximum Gasteiger partial charge on any atom is 0.326 e. The summed E-state index contributed by atoms with van der Waals surface area (Å²) in [6, 6.07) is 4.76. The highest BCUT2D eigenvalue weighted by molar-refractivity contribution is 7.80. The molecule has 4 unspecified atom stereocenters. The highest BCUT2D eigenvalue weighted by atomic mass is 32.1. The number of hydrogen-bond donors (Lipinski definition) is 7. The Labute approximate surface area is 209 Å². The summed E-state index contributed by atoms with van der Waals surface area (Å²) in [4.78, 5) is 56.8. The SMILES string of the molecule is CC(C)C(NC(=O)C(Cc1ccccc1)NC(=O)C(CS)NC(=O)C(N)Cc1cnc[nH]1)C(=O)O. The topological polar surface area (TPSA) is 179 Å². The molecule has 12 heteroatoms. The fourth-order valence-electron chi connectivity index (χ4n) is 3.30. The smallest absolute Gasteiger partial charge is 0.326 e. The number of H-pyrrole nitrogens is 1. The van der Waals surface area contributed by atoms with Crippen molar-refractivity contribution in [3.8, 4) is 0 Å². The number of aromatic nitrogens is 2. The van der Waals surface area contributed by atoms with Crippen LogP contribution in [-0.2, 0) is 32.0 Å². The first-order valence-corrected chi connectivity index (χ1v) is 11.8. The van der Waals surface area contributed by atoms with Crippen molar-refractivity contribution < 1.29 is 24.3 Å². The Balaban J connectivity index is 2.11. The average molecular weight is 505 g/mol. The van der Waals surface area contributed by atoms with Gasteiger partial charge in [0.2, 0.25) is 17.7 Å². The Morgan fingerprint density at radius 1 is 1.00 bits per heavy atom. The Bertz CT molecular complexity index is 986. The summed E-state index contributed by atoms with van der Waals surface area (Å²) in [5.41, 5.74) is 7.36. The van der Waals surface area contributed by atoms with Crippen molar-refractivity contribution in [2.24, 2.45) is 11.7 Å². The molecule has 0 aliphatic carbocycles. The number of nitrogens with two attached hydrogens (primary N) is 1. The van der Waals surface area contributed by atoms with Gasteiger partial charge in [0, 0.05) is 30.5 Å². The van der Waals surface area contributed by atoms with Gasteiger partial charge in [0.05, 0.1) is 12.4 Å². The molecule has 1 heterocycles. The van der Waals surface area contributed by atoms with Crippen LogP contribution in [-0.4, -0.2) is 68.7 Å². The van der Waals surface area contributed by atoms with Gasteiger partial charge in [-0.05, 0) is 11.5 Å². The molecule has 4 atom stereocenters. The number of aliphatic carboxylic acids is 1. The molecule has 0 saturated carbocycles. The zero-order chi connectivity index (χ0) is 26.0. The molecule has 0 spiro atoms. The minimum absolute atomic E-state index is 0.0439. The molecular formula is C23H32N6O5S. The second-order valence-electron chi connectivity index (χ2n) is 8.45. The molecule has 0 bridgehead atoms. The van der Waals surface area contributed by atoms with E-state index in [2.05, 4.69) is 38.5 Å². The van der Waals surface area contributed by atoms with Gasteiger partial charge in [-0.2, -0.15) is 12.6 Å². The zero-order valence-electron chi connectivity index (χ0n) is 19.6. The third kappa shape index (κ3) is 8.72. The van der Waals surface area contributed by atoms with Gasteiger partial charge >= 0.3 is 5.97 Å². The van der Waals surface area contributed by atoms with Crippen molar-refractivity contribution in [2.75, 3.05) is 5.75 Å². The number of carbonyl (C=O) groups excluding carboxylic acids is 3. The predicted octanol–water partition coefficient (Wildman–Crippen LogP) is -0.353. The van der Waals surface area contributed by atoms with Gasteiger partial charge in [0.1, 0.15) is 18.1 Å².